The topological polar surface area (TPSA) is 63.2 Å². The van der Waals surface area contributed by atoms with Gasteiger partial charge in [0.1, 0.15) is 0 Å². The van der Waals surface area contributed by atoms with Gasteiger partial charge in [-0.05, 0) is 47.1 Å². The van der Waals surface area contributed by atoms with E-state index in [0.29, 0.717) is 4.47 Å². The van der Waals surface area contributed by atoms with Crippen LogP contribution in [0.1, 0.15) is 15.9 Å². The summed E-state index contributed by atoms with van der Waals surface area (Å²) >= 11 is 3.21. The van der Waals surface area contributed by atoms with Crippen LogP contribution < -0.4 is 4.72 Å². The van der Waals surface area contributed by atoms with E-state index in [1.807, 2.05) is 6.92 Å². The van der Waals surface area contributed by atoms with E-state index in [0.717, 1.165) is 5.56 Å². The van der Waals surface area contributed by atoms with Gasteiger partial charge < -0.3 is 0 Å². The summed E-state index contributed by atoms with van der Waals surface area (Å²) in [6.45, 7) is 1.86. The summed E-state index contributed by atoms with van der Waals surface area (Å²) in [6.07, 6.45) is 0. The van der Waals surface area contributed by atoms with Crippen molar-refractivity contribution in [3.63, 3.8) is 0 Å². The summed E-state index contributed by atoms with van der Waals surface area (Å²) in [5, 5.41) is 0. The van der Waals surface area contributed by atoms with Gasteiger partial charge in [0.15, 0.2) is 0 Å². The lowest BCUT2D eigenvalue weighted by Gasteiger charge is -2.08. The Hall–Kier alpha value is -1.66. The second-order valence-corrected chi connectivity index (χ2v) is 6.76. The van der Waals surface area contributed by atoms with Gasteiger partial charge in [-0.1, -0.05) is 29.8 Å². The molecule has 2 aromatic carbocycles. The zero-order chi connectivity index (χ0) is 14.8. The second kappa shape index (κ2) is 5.76. The Kier molecular flexibility index (Phi) is 4.25. The highest BCUT2D eigenvalue weighted by molar-refractivity contribution is 9.10. The highest BCUT2D eigenvalue weighted by atomic mass is 79.9. The predicted octanol–water partition coefficient (Wildman–Crippen LogP) is 2.88. The van der Waals surface area contributed by atoms with Gasteiger partial charge in [0.05, 0.1) is 10.5 Å². The molecule has 0 unspecified atom stereocenters. The Labute approximate surface area is 126 Å². The summed E-state index contributed by atoms with van der Waals surface area (Å²) in [4.78, 5) is 12.1. The molecule has 0 heterocycles. The van der Waals surface area contributed by atoms with Crippen molar-refractivity contribution in [2.75, 3.05) is 0 Å². The third-order valence-electron chi connectivity index (χ3n) is 2.68. The van der Waals surface area contributed by atoms with Gasteiger partial charge in [-0.3, -0.25) is 4.79 Å². The van der Waals surface area contributed by atoms with Crippen LogP contribution in [0.4, 0.5) is 0 Å². The lowest BCUT2D eigenvalue weighted by Crippen LogP contribution is -2.30. The van der Waals surface area contributed by atoms with Crippen LogP contribution in [-0.2, 0) is 10.0 Å². The Morgan fingerprint density at radius 3 is 2.25 bits per heavy atom. The number of hydrogen-bond acceptors (Lipinski definition) is 3. The van der Waals surface area contributed by atoms with E-state index in [1.165, 1.54) is 12.1 Å². The van der Waals surface area contributed by atoms with Crippen LogP contribution in [0.25, 0.3) is 0 Å². The van der Waals surface area contributed by atoms with Crippen molar-refractivity contribution in [1.29, 1.82) is 0 Å². The molecule has 104 valence electrons. The Bertz CT molecular complexity index is 739. The van der Waals surface area contributed by atoms with E-state index >= 15 is 0 Å². The van der Waals surface area contributed by atoms with Crippen LogP contribution in [0.2, 0.25) is 0 Å². The molecule has 6 heteroatoms. The van der Waals surface area contributed by atoms with Crippen molar-refractivity contribution in [1.82, 2.24) is 4.72 Å². The summed E-state index contributed by atoms with van der Waals surface area (Å²) in [5.74, 6) is -0.668. The van der Waals surface area contributed by atoms with Crippen molar-refractivity contribution in [2.24, 2.45) is 0 Å². The number of carbonyl (C=O) groups excluding carboxylic acids is 1. The third-order valence-corrected chi connectivity index (χ3v) is 4.72. The number of sulfonamides is 1. The molecule has 0 aliphatic heterocycles. The summed E-state index contributed by atoms with van der Waals surface area (Å²) in [5.41, 5.74) is 1.21. The van der Waals surface area contributed by atoms with E-state index in [-0.39, 0.29) is 10.5 Å². The maximum absolute atomic E-state index is 12.1. The maximum atomic E-state index is 12.1. The molecule has 0 saturated carbocycles. The number of halogens is 1. The van der Waals surface area contributed by atoms with E-state index in [1.54, 1.807) is 36.4 Å². The van der Waals surface area contributed by atoms with Crippen LogP contribution in [0.3, 0.4) is 0 Å². The van der Waals surface area contributed by atoms with Gasteiger partial charge in [-0.25, -0.2) is 13.1 Å². The fourth-order valence-electron chi connectivity index (χ4n) is 1.60. The number of amides is 1. The Morgan fingerprint density at radius 1 is 1.05 bits per heavy atom. The van der Waals surface area contributed by atoms with Gasteiger partial charge in [0.25, 0.3) is 15.9 Å². The Morgan fingerprint density at radius 2 is 1.65 bits per heavy atom. The second-order valence-electron chi connectivity index (χ2n) is 4.23. The number of benzene rings is 2. The van der Waals surface area contributed by atoms with Crippen molar-refractivity contribution < 1.29 is 13.2 Å². The van der Waals surface area contributed by atoms with E-state index < -0.39 is 15.9 Å². The van der Waals surface area contributed by atoms with E-state index in [2.05, 4.69) is 20.7 Å². The van der Waals surface area contributed by atoms with E-state index in [9.17, 15) is 13.2 Å². The molecule has 1 N–H and O–H groups in total. The molecule has 0 bridgehead atoms. The molecule has 0 fully saturated rings. The highest BCUT2D eigenvalue weighted by Gasteiger charge is 2.19. The molecule has 0 radical (unpaired) electrons. The van der Waals surface area contributed by atoms with Gasteiger partial charge in [0.2, 0.25) is 0 Å². The summed E-state index contributed by atoms with van der Waals surface area (Å²) in [7, 11) is -3.86. The standard InChI is InChI=1S/C14H12BrNO3S/c1-10-6-8-11(9-7-10)20(18,19)16-14(17)12-4-2-3-5-13(12)15/h2-9H,1H3,(H,16,17). The number of hydrogen-bond donors (Lipinski definition) is 1. The molecular weight excluding hydrogens is 342 g/mol. The zero-order valence-electron chi connectivity index (χ0n) is 10.6. The number of rotatable bonds is 3. The lowest BCUT2D eigenvalue weighted by atomic mass is 10.2. The minimum Gasteiger partial charge on any atom is -0.268 e. The molecule has 2 rings (SSSR count). The molecule has 20 heavy (non-hydrogen) atoms. The quantitative estimate of drug-likeness (QED) is 0.922. The van der Waals surface area contributed by atoms with Crippen LogP contribution >= 0.6 is 15.9 Å². The summed E-state index contributed by atoms with van der Waals surface area (Å²) < 4.78 is 26.8. The average Bonchev–Trinajstić information content (AvgIpc) is 2.39. The van der Waals surface area contributed by atoms with Crippen molar-refractivity contribution in [3.8, 4) is 0 Å². The maximum Gasteiger partial charge on any atom is 0.266 e. The predicted molar refractivity (Wildman–Crippen MR) is 80.0 cm³/mol. The van der Waals surface area contributed by atoms with Crippen molar-refractivity contribution >= 4 is 31.9 Å². The molecule has 0 spiro atoms. The fraction of sp³-hybridized carbons (Fsp3) is 0.0714. The molecule has 4 nitrogen and oxygen atoms in total. The van der Waals surface area contributed by atoms with Gasteiger partial charge in [-0.2, -0.15) is 0 Å². The number of aryl methyl sites for hydroxylation is 1. The molecule has 0 saturated heterocycles. The van der Waals surface area contributed by atoms with E-state index in [4.69, 9.17) is 0 Å². The summed E-state index contributed by atoms with van der Waals surface area (Å²) in [6, 6.07) is 12.9. The molecule has 0 aliphatic rings. The van der Waals surface area contributed by atoms with Crippen molar-refractivity contribution in [2.45, 2.75) is 11.8 Å². The molecule has 0 atom stereocenters. The fourth-order valence-corrected chi connectivity index (χ4v) is 3.03. The van der Waals surface area contributed by atoms with Crippen LogP contribution in [0.5, 0.6) is 0 Å². The lowest BCUT2D eigenvalue weighted by molar-refractivity contribution is 0.0980. The average molecular weight is 354 g/mol. The molecular formula is C14H12BrNO3S. The minimum atomic E-state index is -3.86. The SMILES string of the molecule is Cc1ccc(S(=O)(=O)NC(=O)c2ccccc2Br)cc1. The molecule has 0 aliphatic carbocycles. The Balaban J connectivity index is 2.27. The van der Waals surface area contributed by atoms with Crippen LogP contribution in [-0.4, -0.2) is 14.3 Å². The van der Waals surface area contributed by atoms with Gasteiger partial charge in [0, 0.05) is 4.47 Å². The van der Waals surface area contributed by atoms with Crippen molar-refractivity contribution in [3.05, 3.63) is 64.1 Å². The first-order chi connectivity index (χ1) is 9.40. The zero-order valence-corrected chi connectivity index (χ0v) is 13.0. The monoisotopic (exact) mass is 353 g/mol. The molecule has 2 aromatic rings. The number of carbonyl (C=O) groups is 1. The number of nitrogens with one attached hydrogen (secondary N) is 1. The van der Waals surface area contributed by atoms with Crippen LogP contribution in [0.15, 0.2) is 57.9 Å². The van der Waals surface area contributed by atoms with Gasteiger partial charge in [-0.15, -0.1) is 0 Å². The molecule has 0 aromatic heterocycles. The first kappa shape index (κ1) is 14.7. The smallest absolute Gasteiger partial charge is 0.266 e. The first-order valence-corrected chi connectivity index (χ1v) is 8.06. The normalized spacial score (nSPS) is 11.1. The van der Waals surface area contributed by atoms with Crippen LogP contribution in [0, 0.1) is 6.92 Å². The minimum absolute atomic E-state index is 0.0588. The largest absolute Gasteiger partial charge is 0.268 e. The molecule has 1 amide bonds. The van der Waals surface area contributed by atoms with Gasteiger partial charge >= 0.3 is 0 Å². The highest BCUT2D eigenvalue weighted by Crippen LogP contribution is 2.17. The third kappa shape index (κ3) is 3.26. The first-order valence-electron chi connectivity index (χ1n) is 5.78.